The fourth-order valence-electron chi connectivity index (χ4n) is 8.57. The Morgan fingerprint density at radius 3 is 2.09 bits per heavy atom. The molecule has 1 saturated heterocycles. The number of carbonyl (C=O) groups excluding carboxylic acids is 2. The van der Waals surface area contributed by atoms with E-state index in [2.05, 4.69) is 45.0 Å². The van der Waals surface area contributed by atoms with Crippen molar-refractivity contribution in [3.05, 3.63) is 131 Å². The van der Waals surface area contributed by atoms with Gasteiger partial charge in [0.15, 0.2) is 0 Å². The number of imide groups is 1. The van der Waals surface area contributed by atoms with Crippen LogP contribution in [0.5, 0.6) is 5.75 Å². The summed E-state index contributed by atoms with van der Waals surface area (Å²) in [4.78, 5) is 29.7. The number of aliphatic hydroxyl groups excluding tert-OH is 2. The minimum Gasteiger partial charge on any atom is -0.508 e. The fourth-order valence-corrected chi connectivity index (χ4v) is 13.1. The molecule has 4 aromatic carbocycles. The van der Waals surface area contributed by atoms with Gasteiger partial charge in [0.2, 0.25) is 11.8 Å². The second-order valence-electron chi connectivity index (χ2n) is 15.8. The number of aromatic hydroxyl groups is 1. The van der Waals surface area contributed by atoms with Crippen LogP contribution in [0.4, 0.5) is 5.69 Å². The summed E-state index contributed by atoms with van der Waals surface area (Å²) in [6.07, 6.45) is 1.90. The molecule has 0 spiro atoms. The monoisotopic (exact) mass is 759 g/mol. The summed E-state index contributed by atoms with van der Waals surface area (Å²) >= 11 is 0. The van der Waals surface area contributed by atoms with Gasteiger partial charge in [-0.3, -0.25) is 14.5 Å². The predicted molar refractivity (Wildman–Crippen MR) is 219 cm³/mol. The molecular weight excluding hydrogens is 709 g/mol. The van der Waals surface area contributed by atoms with Gasteiger partial charge < -0.3 is 29.8 Å². The molecule has 1 aliphatic carbocycles. The van der Waals surface area contributed by atoms with E-state index in [0.717, 1.165) is 26.4 Å². The molecule has 4 atom stereocenters. The highest BCUT2D eigenvalue weighted by Gasteiger charge is 2.56. The smallest absolute Gasteiger partial charge is 0.488 e. The van der Waals surface area contributed by atoms with Crippen LogP contribution in [0.2, 0.25) is 5.04 Å². The van der Waals surface area contributed by atoms with E-state index in [1.54, 1.807) is 24.3 Å². The van der Waals surface area contributed by atoms with Crippen LogP contribution < -0.4 is 20.7 Å². The van der Waals surface area contributed by atoms with Crippen LogP contribution in [0.25, 0.3) is 6.08 Å². The molecule has 2 amide bonds. The maximum atomic E-state index is 14.3. The number of benzene rings is 4. The molecule has 1 fully saturated rings. The molecule has 1 heterocycles. The highest BCUT2D eigenvalue weighted by molar-refractivity contribution is 6.99. The number of allylic oxidation sites excluding steroid dienone is 1. The highest BCUT2D eigenvalue weighted by Crippen LogP contribution is 2.48. The number of hydrogen-bond acceptors (Lipinski definition) is 8. The first kappa shape index (κ1) is 40.1. The standard InChI is InChI=1S/C44H50BNO8Si/c1-29(24-30-19-21-34(48)22-20-30)18-23-39(49)40-31(28-54-55(44(2,3)4,35-14-7-5-8-15-35)36-16-9-6-10-17-36)25-37-41(38(40)27-47)43(51)46(42(37)50)33-13-11-12-32(26-33)45(52)53/h5-17,19-22,24,26,37-39,41,47-49,52-53H,18,23,25,27-28H2,1-4H3/b29-24+/t37-,38+,39-,41-/m1/s1. The van der Waals surface area contributed by atoms with Gasteiger partial charge in [0.1, 0.15) is 5.75 Å². The van der Waals surface area contributed by atoms with E-state index in [4.69, 9.17) is 4.43 Å². The normalized spacial score (nSPS) is 19.8. The Hall–Kier alpha value is -4.62. The van der Waals surface area contributed by atoms with Gasteiger partial charge in [-0.15, -0.1) is 0 Å². The van der Waals surface area contributed by atoms with E-state index in [-0.39, 0.29) is 35.0 Å². The van der Waals surface area contributed by atoms with Gasteiger partial charge in [0.25, 0.3) is 8.32 Å². The first-order valence-electron chi connectivity index (χ1n) is 18.8. The Labute approximate surface area is 324 Å². The Morgan fingerprint density at radius 2 is 1.53 bits per heavy atom. The first-order valence-corrected chi connectivity index (χ1v) is 20.7. The summed E-state index contributed by atoms with van der Waals surface area (Å²) < 4.78 is 7.35. The van der Waals surface area contributed by atoms with E-state index in [1.807, 2.05) is 61.5 Å². The van der Waals surface area contributed by atoms with Gasteiger partial charge in [0, 0.05) is 5.92 Å². The summed E-state index contributed by atoms with van der Waals surface area (Å²) in [7, 11) is -4.87. The van der Waals surface area contributed by atoms with E-state index in [0.29, 0.717) is 24.0 Å². The quantitative estimate of drug-likeness (QED) is 0.0771. The molecule has 11 heteroatoms. The molecule has 0 unspecified atom stereocenters. The molecule has 0 aromatic heterocycles. The third-order valence-electron chi connectivity index (χ3n) is 11.2. The van der Waals surface area contributed by atoms with E-state index < -0.39 is 57.7 Å². The van der Waals surface area contributed by atoms with Crippen molar-refractivity contribution < 1.29 is 39.4 Å². The zero-order chi connectivity index (χ0) is 39.5. The number of phenols is 1. The second-order valence-corrected chi connectivity index (χ2v) is 20.1. The number of aliphatic hydroxyl groups is 2. The number of anilines is 1. The summed E-state index contributed by atoms with van der Waals surface area (Å²) in [5.74, 6) is -3.39. The van der Waals surface area contributed by atoms with Gasteiger partial charge in [-0.25, -0.2) is 0 Å². The van der Waals surface area contributed by atoms with Crippen molar-refractivity contribution in [2.75, 3.05) is 18.1 Å². The topological polar surface area (TPSA) is 148 Å². The molecule has 4 aromatic rings. The minimum absolute atomic E-state index is 0.0788. The zero-order valence-electron chi connectivity index (χ0n) is 31.8. The summed E-state index contributed by atoms with van der Waals surface area (Å²) in [6.45, 7) is 8.10. The third-order valence-corrected chi connectivity index (χ3v) is 16.1. The average Bonchev–Trinajstić information content (AvgIpc) is 3.42. The Balaban J connectivity index is 1.42. The molecule has 6 rings (SSSR count). The lowest BCUT2D eigenvalue weighted by atomic mass is 9.68. The van der Waals surface area contributed by atoms with Gasteiger partial charge >= 0.3 is 7.12 Å². The summed E-state index contributed by atoms with van der Waals surface area (Å²) in [5, 5.41) is 54.4. The molecular formula is C44H50BNO8Si. The molecule has 286 valence electrons. The minimum atomic E-state index is -3.08. The van der Waals surface area contributed by atoms with Crippen molar-refractivity contribution in [2.45, 2.75) is 58.1 Å². The summed E-state index contributed by atoms with van der Waals surface area (Å²) in [5.41, 5.74) is 3.48. The van der Waals surface area contributed by atoms with E-state index >= 15 is 0 Å². The lowest BCUT2D eigenvalue weighted by Gasteiger charge is -2.44. The van der Waals surface area contributed by atoms with Gasteiger partial charge in [-0.2, -0.15) is 0 Å². The summed E-state index contributed by atoms with van der Waals surface area (Å²) in [6, 6.07) is 33.3. The van der Waals surface area contributed by atoms with Crippen LogP contribution in [0, 0.1) is 17.8 Å². The van der Waals surface area contributed by atoms with Crippen LogP contribution in [0.15, 0.2) is 126 Å². The molecule has 55 heavy (non-hydrogen) atoms. The van der Waals surface area contributed by atoms with Crippen molar-refractivity contribution in [3.8, 4) is 5.75 Å². The molecule has 9 nitrogen and oxygen atoms in total. The van der Waals surface area contributed by atoms with Gasteiger partial charge in [-0.05, 0) is 88.0 Å². The highest BCUT2D eigenvalue weighted by atomic mass is 28.4. The number of hydrogen-bond donors (Lipinski definition) is 5. The largest absolute Gasteiger partial charge is 0.508 e. The van der Waals surface area contributed by atoms with Crippen molar-refractivity contribution in [1.82, 2.24) is 0 Å². The fraction of sp³-hybridized carbons (Fsp3) is 0.318. The van der Waals surface area contributed by atoms with Crippen LogP contribution in [0.1, 0.15) is 52.5 Å². The molecule has 0 radical (unpaired) electrons. The Kier molecular flexibility index (Phi) is 12.1. The number of phenolic OH excluding ortho intramolecular Hbond substituents is 1. The maximum Gasteiger partial charge on any atom is 0.488 e. The van der Waals surface area contributed by atoms with Crippen molar-refractivity contribution >= 4 is 54.8 Å². The lowest BCUT2D eigenvalue weighted by molar-refractivity contribution is -0.123. The second kappa shape index (κ2) is 16.6. The van der Waals surface area contributed by atoms with Crippen molar-refractivity contribution in [2.24, 2.45) is 17.8 Å². The van der Waals surface area contributed by atoms with Crippen molar-refractivity contribution in [3.63, 3.8) is 0 Å². The SMILES string of the molecule is C/C(=C\c1ccc(O)cc1)CC[C@@H](O)C1=C(CO[Si](c2ccccc2)(c2ccccc2)C(C)(C)C)C[C@H]2C(=O)N(c3cccc(B(O)O)c3)C(=O)[C@H]2[C@H]1CO. The maximum absolute atomic E-state index is 14.3. The molecule has 0 saturated carbocycles. The number of amides is 2. The molecule has 1 aliphatic heterocycles. The molecule has 2 aliphatic rings. The van der Waals surface area contributed by atoms with Crippen LogP contribution in [0.3, 0.4) is 0 Å². The van der Waals surface area contributed by atoms with Crippen LogP contribution in [-0.4, -0.2) is 71.9 Å². The number of carbonyl (C=O) groups is 2. The Bertz CT molecular complexity index is 2010. The van der Waals surface area contributed by atoms with E-state index in [1.165, 1.54) is 12.1 Å². The van der Waals surface area contributed by atoms with Crippen molar-refractivity contribution in [1.29, 1.82) is 0 Å². The van der Waals surface area contributed by atoms with Gasteiger partial charge in [-0.1, -0.05) is 117 Å². The van der Waals surface area contributed by atoms with Gasteiger partial charge in [0.05, 0.1) is 36.8 Å². The molecule has 0 bridgehead atoms. The van der Waals surface area contributed by atoms with Crippen LogP contribution >= 0.6 is 0 Å². The number of fused-ring (bicyclic) bond motifs is 1. The number of nitrogens with zero attached hydrogens (tertiary/aromatic N) is 1. The first-order chi connectivity index (χ1) is 26.3. The number of rotatable bonds is 13. The third kappa shape index (κ3) is 8.05. The predicted octanol–water partition coefficient (Wildman–Crippen LogP) is 4.31. The lowest BCUT2D eigenvalue weighted by Crippen LogP contribution is -2.66. The Morgan fingerprint density at radius 1 is 0.909 bits per heavy atom. The van der Waals surface area contributed by atoms with Crippen LogP contribution in [-0.2, 0) is 14.0 Å². The average molecular weight is 760 g/mol. The van der Waals surface area contributed by atoms with E-state index in [9.17, 15) is 35.0 Å². The molecule has 5 N–H and O–H groups in total. The zero-order valence-corrected chi connectivity index (χ0v) is 32.8.